The molecule has 0 saturated carbocycles. The standard InChI is InChI=1S/C22H18NO4S/c1-23(2)21-19(9-6-10-20(21)26-15-24)22(25)27-16-11-13-18(14-12-16)28-17-7-4-3-5-8-17/h3-14H,1-2H3. The number of hydrogen-bond donors (Lipinski definition) is 0. The van der Waals surface area contributed by atoms with Gasteiger partial charge in [-0.05, 0) is 48.5 Å². The lowest BCUT2D eigenvalue weighted by atomic mass is 10.1. The van der Waals surface area contributed by atoms with Crippen molar-refractivity contribution in [3.05, 3.63) is 78.4 Å². The van der Waals surface area contributed by atoms with Crippen LogP contribution in [0.1, 0.15) is 10.4 Å². The maximum absolute atomic E-state index is 12.7. The van der Waals surface area contributed by atoms with Crippen LogP contribution in [0.5, 0.6) is 11.5 Å². The quantitative estimate of drug-likeness (QED) is 0.434. The number of rotatable bonds is 7. The minimum Gasteiger partial charge on any atom is -0.423 e. The van der Waals surface area contributed by atoms with Crippen LogP contribution >= 0.6 is 11.8 Å². The first-order valence-electron chi connectivity index (χ1n) is 8.48. The van der Waals surface area contributed by atoms with Crippen molar-refractivity contribution in [2.45, 2.75) is 9.79 Å². The van der Waals surface area contributed by atoms with E-state index in [1.54, 1.807) is 61.1 Å². The van der Waals surface area contributed by atoms with E-state index in [-0.39, 0.29) is 5.75 Å². The Labute approximate surface area is 167 Å². The van der Waals surface area contributed by atoms with Crippen molar-refractivity contribution in [3.63, 3.8) is 0 Å². The molecule has 0 aromatic heterocycles. The first-order chi connectivity index (χ1) is 13.6. The van der Waals surface area contributed by atoms with Gasteiger partial charge >= 0.3 is 12.4 Å². The predicted octanol–water partition coefficient (Wildman–Crippen LogP) is 4.57. The van der Waals surface area contributed by atoms with Gasteiger partial charge in [0, 0.05) is 23.9 Å². The minimum absolute atomic E-state index is 0.240. The van der Waals surface area contributed by atoms with Crippen LogP contribution in [0.3, 0.4) is 0 Å². The zero-order valence-corrected chi connectivity index (χ0v) is 16.2. The van der Waals surface area contributed by atoms with Crippen LogP contribution in [0.4, 0.5) is 5.69 Å². The lowest BCUT2D eigenvalue weighted by Crippen LogP contribution is -2.18. The summed E-state index contributed by atoms with van der Waals surface area (Å²) in [6, 6.07) is 22.1. The molecular weight excluding hydrogens is 374 g/mol. The van der Waals surface area contributed by atoms with Crippen molar-refractivity contribution in [3.8, 4) is 11.5 Å². The van der Waals surface area contributed by atoms with Crippen molar-refractivity contribution in [2.24, 2.45) is 0 Å². The molecule has 0 atom stereocenters. The second kappa shape index (κ2) is 9.10. The van der Waals surface area contributed by atoms with E-state index < -0.39 is 5.97 Å². The molecule has 0 aliphatic carbocycles. The first kappa shape index (κ1) is 19.5. The average Bonchev–Trinajstić information content (AvgIpc) is 2.70. The molecular formula is C22H18NO4S. The summed E-state index contributed by atoms with van der Waals surface area (Å²) in [7, 11) is 3.50. The average molecular weight is 392 g/mol. The third-order valence-corrected chi connectivity index (χ3v) is 4.85. The highest BCUT2D eigenvalue weighted by molar-refractivity contribution is 7.99. The number of para-hydroxylation sites is 1. The predicted molar refractivity (Wildman–Crippen MR) is 109 cm³/mol. The zero-order chi connectivity index (χ0) is 19.9. The van der Waals surface area contributed by atoms with Crippen LogP contribution in [0.2, 0.25) is 0 Å². The molecule has 3 rings (SSSR count). The summed E-state index contributed by atoms with van der Waals surface area (Å²) in [6.45, 7) is 1.39. The summed E-state index contributed by atoms with van der Waals surface area (Å²) in [4.78, 5) is 27.1. The highest BCUT2D eigenvalue weighted by Crippen LogP contribution is 2.32. The molecule has 0 aliphatic rings. The van der Waals surface area contributed by atoms with E-state index >= 15 is 0 Å². The van der Waals surface area contributed by atoms with Crippen LogP contribution in [-0.4, -0.2) is 26.5 Å². The van der Waals surface area contributed by atoms with Crippen LogP contribution in [0.15, 0.2) is 82.6 Å². The molecule has 1 radical (unpaired) electrons. The fourth-order valence-corrected chi connectivity index (χ4v) is 3.48. The molecule has 5 nitrogen and oxygen atoms in total. The van der Waals surface area contributed by atoms with Crippen LogP contribution in [-0.2, 0) is 4.79 Å². The monoisotopic (exact) mass is 392 g/mol. The molecule has 0 unspecified atom stereocenters. The Morgan fingerprint density at radius 2 is 1.57 bits per heavy atom. The lowest BCUT2D eigenvalue weighted by Gasteiger charge is -2.19. The number of ether oxygens (including phenoxy) is 2. The number of carbonyl (C=O) groups is 1. The van der Waals surface area contributed by atoms with E-state index in [0.29, 0.717) is 17.0 Å². The molecule has 0 spiro atoms. The van der Waals surface area contributed by atoms with E-state index in [9.17, 15) is 9.59 Å². The second-order valence-corrected chi connectivity index (χ2v) is 7.16. The van der Waals surface area contributed by atoms with E-state index in [0.717, 1.165) is 9.79 Å². The number of benzene rings is 3. The van der Waals surface area contributed by atoms with Crippen LogP contribution < -0.4 is 14.4 Å². The molecule has 0 heterocycles. The second-order valence-electron chi connectivity index (χ2n) is 6.01. The van der Waals surface area contributed by atoms with Gasteiger partial charge < -0.3 is 14.4 Å². The van der Waals surface area contributed by atoms with Crippen molar-refractivity contribution < 1.29 is 19.1 Å². The topological polar surface area (TPSA) is 55.8 Å². The molecule has 0 amide bonds. The number of nitrogens with zero attached hydrogens (tertiary/aromatic N) is 1. The summed E-state index contributed by atoms with van der Waals surface area (Å²) in [6.07, 6.45) is 0. The van der Waals surface area contributed by atoms with Crippen LogP contribution in [0, 0.1) is 0 Å². The normalized spacial score (nSPS) is 10.2. The van der Waals surface area contributed by atoms with Crippen molar-refractivity contribution >= 4 is 29.9 Å². The summed E-state index contributed by atoms with van der Waals surface area (Å²) in [5.74, 6) is 0.132. The number of carbonyl (C=O) groups excluding carboxylic acids is 2. The van der Waals surface area contributed by atoms with Gasteiger partial charge in [-0.1, -0.05) is 36.0 Å². The molecule has 6 heteroatoms. The van der Waals surface area contributed by atoms with Crippen molar-refractivity contribution in [2.75, 3.05) is 19.0 Å². The SMILES string of the molecule is CN(C)c1c(O[C]=O)cccc1C(=O)Oc1ccc(Sc2ccccc2)cc1. The molecule has 0 N–H and O–H groups in total. The van der Waals surface area contributed by atoms with Gasteiger partial charge in [0.15, 0.2) is 5.75 Å². The first-order valence-corrected chi connectivity index (χ1v) is 9.29. The fourth-order valence-electron chi connectivity index (χ4n) is 2.64. The van der Waals surface area contributed by atoms with Gasteiger partial charge in [-0.25, -0.2) is 9.59 Å². The third kappa shape index (κ3) is 4.72. The van der Waals surface area contributed by atoms with Crippen molar-refractivity contribution in [1.29, 1.82) is 0 Å². The molecule has 0 bridgehead atoms. The molecule has 0 fully saturated rings. The maximum Gasteiger partial charge on any atom is 0.423 e. The molecule has 28 heavy (non-hydrogen) atoms. The van der Waals surface area contributed by atoms with Crippen molar-refractivity contribution in [1.82, 2.24) is 0 Å². The largest absolute Gasteiger partial charge is 0.423 e. The van der Waals surface area contributed by atoms with Crippen LogP contribution in [0.25, 0.3) is 0 Å². The molecule has 3 aromatic rings. The Kier molecular flexibility index (Phi) is 6.34. The van der Waals surface area contributed by atoms with Gasteiger partial charge in [-0.3, -0.25) is 0 Å². The third-order valence-electron chi connectivity index (χ3n) is 3.83. The Bertz CT molecular complexity index is 956. The summed E-state index contributed by atoms with van der Waals surface area (Å²) in [5, 5.41) is 0. The maximum atomic E-state index is 12.7. The van der Waals surface area contributed by atoms with Gasteiger partial charge in [0.2, 0.25) is 0 Å². The summed E-state index contributed by atoms with van der Waals surface area (Å²) < 4.78 is 10.4. The summed E-state index contributed by atoms with van der Waals surface area (Å²) in [5.41, 5.74) is 0.743. The minimum atomic E-state index is -0.538. The highest BCUT2D eigenvalue weighted by atomic mass is 32.2. The van der Waals surface area contributed by atoms with E-state index in [1.807, 2.05) is 42.5 Å². The fraction of sp³-hybridized carbons (Fsp3) is 0.0909. The molecule has 3 aromatic carbocycles. The highest BCUT2D eigenvalue weighted by Gasteiger charge is 2.19. The molecule has 0 aliphatic heterocycles. The van der Waals surface area contributed by atoms with Gasteiger partial charge in [0.25, 0.3) is 0 Å². The lowest BCUT2D eigenvalue weighted by molar-refractivity contribution is 0.0735. The number of hydrogen-bond acceptors (Lipinski definition) is 6. The smallest absolute Gasteiger partial charge is 0.423 e. The Morgan fingerprint density at radius 1 is 0.893 bits per heavy atom. The molecule has 0 saturated heterocycles. The van der Waals surface area contributed by atoms with Gasteiger partial charge in [0.1, 0.15) is 5.75 Å². The van der Waals surface area contributed by atoms with Gasteiger partial charge in [0.05, 0.1) is 11.3 Å². The van der Waals surface area contributed by atoms with Gasteiger partial charge in [-0.2, -0.15) is 0 Å². The Hall–Kier alpha value is -3.25. The zero-order valence-electron chi connectivity index (χ0n) is 15.4. The van der Waals surface area contributed by atoms with Gasteiger partial charge in [-0.15, -0.1) is 0 Å². The number of anilines is 1. The summed E-state index contributed by atoms with van der Waals surface area (Å²) >= 11 is 1.63. The Balaban J connectivity index is 1.76. The molecule has 141 valence electrons. The van der Waals surface area contributed by atoms with E-state index in [4.69, 9.17) is 9.47 Å². The number of esters is 1. The Morgan fingerprint density at radius 3 is 2.21 bits per heavy atom. The van der Waals surface area contributed by atoms with E-state index in [2.05, 4.69) is 0 Å². The van der Waals surface area contributed by atoms with E-state index in [1.165, 1.54) is 6.47 Å².